The van der Waals surface area contributed by atoms with E-state index in [0.29, 0.717) is 31.2 Å². The summed E-state index contributed by atoms with van der Waals surface area (Å²) in [7, 11) is 0. The summed E-state index contributed by atoms with van der Waals surface area (Å²) in [6.45, 7) is 7.32. The van der Waals surface area contributed by atoms with Crippen molar-refractivity contribution in [3.63, 3.8) is 0 Å². The van der Waals surface area contributed by atoms with Crippen molar-refractivity contribution >= 4 is 11.4 Å². The Bertz CT molecular complexity index is 421. The van der Waals surface area contributed by atoms with Gasteiger partial charge in [-0.2, -0.15) is 0 Å². The number of hydrogen-bond donors (Lipinski definition) is 1. The van der Waals surface area contributed by atoms with Gasteiger partial charge < -0.3 is 14.8 Å². The Morgan fingerprint density at radius 2 is 2.05 bits per heavy atom. The van der Waals surface area contributed by atoms with Crippen molar-refractivity contribution in [1.29, 1.82) is 0 Å². The lowest BCUT2D eigenvalue weighted by molar-refractivity contribution is -0.384. The maximum atomic E-state index is 10.8. The van der Waals surface area contributed by atoms with E-state index >= 15 is 0 Å². The van der Waals surface area contributed by atoms with Gasteiger partial charge in [-0.05, 0) is 20.8 Å². The molecule has 0 fully saturated rings. The highest BCUT2D eigenvalue weighted by Crippen LogP contribution is 2.25. The van der Waals surface area contributed by atoms with Crippen molar-refractivity contribution < 1.29 is 14.4 Å². The third-order valence-electron chi connectivity index (χ3n) is 2.29. The number of rotatable bonds is 8. The fourth-order valence-electron chi connectivity index (χ4n) is 1.52. The van der Waals surface area contributed by atoms with Crippen molar-refractivity contribution in [2.45, 2.75) is 26.9 Å². The summed E-state index contributed by atoms with van der Waals surface area (Å²) in [5.41, 5.74) is 0.690. The van der Waals surface area contributed by atoms with Crippen LogP contribution in [0.25, 0.3) is 0 Å². The average molecular weight is 268 g/mol. The highest BCUT2D eigenvalue weighted by Gasteiger charge is 2.10. The van der Waals surface area contributed by atoms with Gasteiger partial charge in [-0.15, -0.1) is 0 Å². The largest absolute Gasteiger partial charge is 0.491 e. The fourth-order valence-corrected chi connectivity index (χ4v) is 1.52. The lowest BCUT2D eigenvalue weighted by atomic mass is 10.2. The van der Waals surface area contributed by atoms with Crippen molar-refractivity contribution in [3.8, 4) is 5.75 Å². The standard InChI is InChI=1S/C13H20N2O4/c1-4-14-11-7-12(15(16)17)9-13(8-11)19-6-5-18-10(2)3/h7-10,14H,4-6H2,1-3H3. The van der Waals surface area contributed by atoms with Crippen molar-refractivity contribution in [2.75, 3.05) is 25.1 Å². The minimum Gasteiger partial charge on any atom is -0.491 e. The Hall–Kier alpha value is -1.82. The monoisotopic (exact) mass is 268 g/mol. The molecular weight excluding hydrogens is 248 g/mol. The first-order valence-corrected chi connectivity index (χ1v) is 6.30. The number of nitrogens with one attached hydrogen (secondary N) is 1. The first-order chi connectivity index (χ1) is 9.02. The van der Waals surface area contributed by atoms with Crippen LogP contribution in [0.3, 0.4) is 0 Å². The van der Waals surface area contributed by atoms with Gasteiger partial charge in [-0.25, -0.2) is 0 Å². The molecule has 0 aromatic heterocycles. The highest BCUT2D eigenvalue weighted by atomic mass is 16.6. The molecule has 0 aliphatic heterocycles. The summed E-state index contributed by atoms with van der Waals surface area (Å²) < 4.78 is 10.8. The minimum absolute atomic E-state index is 0.0122. The fraction of sp³-hybridized carbons (Fsp3) is 0.538. The molecule has 19 heavy (non-hydrogen) atoms. The SMILES string of the molecule is CCNc1cc(OCCOC(C)C)cc([N+](=O)[O-])c1. The topological polar surface area (TPSA) is 73.6 Å². The molecule has 1 aromatic rings. The molecular formula is C13H20N2O4. The van der Waals surface area contributed by atoms with Gasteiger partial charge in [0.15, 0.2) is 0 Å². The zero-order chi connectivity index (χ0) is 14.3. The van der Waals surface area contributed by atoms with Gasteiger partial charge in [0.05, 0.1) is 23.7 Å². The Morgan fingerprint density at radius 3 is 2.63 bits per heavy atom. The van der Waals surface area contributed by atoms with Crippen molar-refractivity contribution in [1.82, 2.24) is 0 Å². The Kier molecular flexibility index (Phi) is 6.08. The second-order valence-electron chi connectivity index (χ2n) is 4.27. The molecule has 0 heterocycles. The summed E-state index contributed by atoms with van der Waals surface area (Å²) in [4.78, 5) is 10.4. The molecule has 0 radical (unpaired) electrons. The third-order valence-corrected chi connectivity index (χ3v) is 2.29. The lowest BCUT2D eigenvalue weighted by Crippen LogP contribution is -2.11. The number of ether oxygens (including phenoxy) is 2. The van der Waals surface area contributed by atoms with E-state index in [1.807, 2.05) is 20.8 Å². The zero-order valence-corrected chi connectivity index (χ0v) is 11.5. The summed E-state index contributed by atoms with van der Waals surface area (Å²) >= 11 is 0. The zero-order valence-electron chi connectivity index (χ0n) is 11.5. The molecule has 0 spiro atoms. The number of hydrogen-bond acceptors (Lipinski definition) is 5. The van der Waals surface area contributed by atoms with Gasteiger partial charge in [0.25, 0.3) is 5.69 Å². The summed E-state index contributed by atoms with van der Waals surface area (Å²) in [6, 6.07) is 4.64. The van der Waals surface area contributed by atoms with Crippen LogP contribution < -0.4 is 10.1 Å². The molecule has 0 aliphatic rings. The van der Waals surface area contributed by atoms with Crippen LogP contribution >= 0.6 is 0 Å². The molecule has 0 bridgehead atoms. The van der Waals surface area contributed by atoms with Crippen LogP contribution in [0, 0.1) is 10.1 Å². The van der Waals surface area contributed by atoms with Crippen molar-refractivity contribution in [2.24, 2.45) is 0 Å². The van der Waals surface area contributed by atoms with E-state index < -0.39 is 4.92 Å². The number of benzene rings is 1. The van der Waals surface area contributed by atoms with E-state index in [0.717, 1.165) is 0 Å². The number of nitro groups is 1. The van der Waals surface area contributed by atoms with Crippen LogP contribution in [0.15, 0.2) is 18.2 Å². The second kappa shape index (κ2) is 7.58. The molecule has 1 N–H and O–H groups in total. The Morgan fingerprint density at radius 1 is 1.32 bits per heavy atom. The van der Waals surface area contributed by atoms with E-state index in [4.69, 9.17) is 9.47 Å². The van der Waals surface area contributed by atoms with Gasteiger partial charge in [0, 0.05) is 24.4 Å². The molecule has 0 saturated carbocycles. The van der Waals surface area contributed by atoms with E-state index in [1.165, 1.54) is 12.1 Å². The van der Waals surface area contributed by atoms with Crippen LogP contribution in [0.2, 0.25) is 0 Å². The molecule has 1 rings (SSSR count). The summed E-state index contributed by atoms with van der Waals surface area (Å²) in [5, 5.41) is 13.9. The molecule has 0 atom stereocenters. The Labute approximate surface area is 112 Å². The molecule has 0 unspecified atom stereocenters. The van der Waals surface area contributed by atoms with Gasteiger partial charge in [-0.3, -0.25) is 10.1 Å². The summed E-state index contributed by atoms with van der Waals surface area (Å²) in [6.07, 6.45) is 0.144. The normalized spacial score (nSPS) is 10.5. The van der Waals surface area contributed by atoms with E-state index in [-0.39, 0.29) is 11.8 Å². The van der Waals surface area contributed by atoms with Gasteiger partial charge in [-0.1, -0.05) is 0 Å². The van der Waals surface area contributed by atoms with Crippen LogP contribution in [0.5, 0.6) is 5.75 Å². The van der Waals surface area contributed by atoms with Crippen LogP contribution in [0.1, 0.15) is 20.8 Å². The molecule has 0 aliphatic carbocycles. The molecule has 0 amide bonds. The average Bonchev–Trinajstić information content (AvgIpc) is 2.34. The first-order valence-electron chi connectivity index (χ1n) is 6.30. The minimum atomic E-state index is -0.432. The number of anilines is 1. The Balaban J connectivity index is 2.67. The molecule has 6 nitrogen and oxygen atoms in total. The second-order valence-corrected chi connectivity index (χ2v) is 4.27. The van der Waals surface area contributed by atoms with E-state index in [2.05, 4.69) is 5.32 Å². The third kappa shape index (κ3) is 5.56. The lowest BCUT2D eigenvalue weighted by Gasteiger charge is -2.11. The van der Waals surface area contributed by atoms with Crippen LogP contribution in [-0.4, -0.2) is 30.8 Å². The van der Waals surface area contributed by atoms with E-state index in [1.54, 1.807) is 6.07 Å². The summed E-state index contributed by atoms with van der Waals surface area (Å²) in [5.74, 6) is 0.470. The molecule has 1 aromatic carbocycles. The number of non-ortho nitro benzene ring substituents is 1. The predicted molar refractivity (Wildman–Crippen MR) is 73.8 cm³/mol. The molecule has 6 heteroatoms. The van der Waals surface area contributed by atoms with E-state index in [9.17, 15) is 10.1 Å². The molecule has 106 valence electrons. The number of nitro benzene ring substituents is 1. The maximum Gasteiger partial charge on any atom is 0.275 e. The first kappa shape index (κ1) is 15.2. The quantitative estimate of drug-likeness (QED) is 0.446. The highest BCUT2D eigenvalue weighted by molar-refractivity contribution is 5.56. The van der Waals surface area contributed by atoms with Crippen molar-refractivity contribution in [3.05, 3.63) is 28.3 Å². The smallest absolute Gasteiger partial charge is 0.275 e. The van der Waals surface area contributed by atoms with Crippen LogP contribution in [-0.2, 0) is 4.74 Å². The van der Waals surface area contributed by atoms with Gasteiger partial charge >= 0.3 is 0 Å². The van der Waals surface area contributed by atoms with Gasteiger partial charge in [0.1, 0.15) is 12.4 Å². The maximum absolute atomic E-state index is 10.8. The predicted octanol–water partition coefficient (Wildman–Crippen LogP) is 2.83. The molecule has 0 saturated heterocycles. The van der Waals surface area contributed by atoms with Gasteiger partial charge in [0.2, 0.25) is 0 Å². The van der Waals surface area contributed by atoms with Crippen LogP contribution in [0.4, 0.5) is 11.4 Å². The number of nitrogens with zero attached hydrogens (tertiary/aromatic N) is 1.